The average molecular weight is 343 g/mol. The summed E-state index contributed by atoms with van der Waals surface area (Å²) in [5.41, 5.74) is -1.53. The first-order valence-electron chi connectivity index (χ1n) is 7.08. The van der Waals surface area contributed by atoms with Gasteiger partial charge in [-0.1, -0.05) is 13.0 Å². The van der Waals surface area contributed by atoms with Crippen LogP contribution in [-0.4, -0.2) is 44.6 Å². The summed E-state index contributed by atoms with van der Waals surface area (Å²) in [5.74, 6) is -0.832. The molecule has 23 heavy (non-hydrogen) atoms. The Labute approximate surface area is 137 Å². The summed E-state index contributed by atoms with van der Waals surface area (Å²) in [6, 6.07) is 3.18. The molecule has 0 saturated carbocycles. The zero-order valence-electron chi connectivity index (χ0n) is 12.9. The molecule has 0 aliphatic rings. The number of benzene rings is 1. The lowest BCUT2D eigenvalue weighted by molar-refractivity contribution is 0.0133. The van der Waals surface area contributed by atoms with Crippen LogP contribution < -0.4 is 0 Å². The van der Waals surface area contributed by atoms with E-state index in [4.69, 9.17) is 4.74 Å². The van der Waals surface area contributed by atoms with E-state index in [0.717, 1.165) is 12.1 Å². The van der Waals surface area contributed by atoms with Crippen molar-refractivity contribution in [1.29, 1.82) is 0 Å². The number of hydrogen-bond donors (Lipinski definition) is 1. The van der Waals surface area contributed by atoms with Gasteiger partial charge in [0, 0.05) is 29.7 Å². The van der Waals surface area contributed by atoms with E-state index in [1.165, 1.54) is 35.2 Å². The molecule has 8 heteroatoms. The van der Waals surface area contributed by atoms with Crippen LogP contribution in [0.2, 0.25) is 0 Å². The number of halogens is 2. The molecule has 0 saturated heterocycles. The van der Waals surface area contributed by atoms with Gasteiger partial charge < -0.3 is 9.84 Å². The Morgan fingerprint density at radius 3 is 2.83 bits per heavy atom. The van der Waals surface area contributed by atoms with E-state index in [1.54, 1.807) is 14.0 Å². The Hall–Kier alpha value is -1.51. The number of methoxy groups -OCH3 is 1. The molecule has 0 spiro atoms. The molecule has 0 fully saturated rings. The lowest BCUT2D eigenvalue weighted by atomic mass is 9.90. The predicted octanol–water partition coefficient (Wildman–Crippen LogP) is 2.21. The minimum absolute atomic E-state index is 0.0106. The molecule has 126 valence electrons. The normalized spacial score (nSPS) is 15.3. The molecule has 1 aromatic heterocycles. The molecule has 0 radical (unpaired) electrons. The van der Waals surface area contributed by atoms with Gasteiger partial charge in [-0.25, -0.2) is 18.4 Å². The summed E-state index contributed by atoms with van der Waals surface area (Å²) in [6.07, 6.45) is 2.78. The fourth-order valence-corrected chi connectivity index (χ4v) is 3.37. The number of nitrogens with zero attached hydrogens (tertiary/aromatic N) is 3. The molecule has 0 bridgehead atoms. The molecule has 1 N–H and O–H groups in total. The Morgan fingerprint density at radius 2 is 2.22 bits per heavy atom. The summed E-state index contributed by atoms with van der Waals surface area (Å²) in [7, 11) is 1.59. The second-order valence-electron chi connectivity index (χ2n) is 5.15. The van der Waals surface area contributed by atoms with Crippen LogP contribution in [0, 0.1) is 11.6 Å². The van der Waals surface area contributed by atoms with Crippen molar-refractivity contribution in [2.75, 3.05) is 19.5 Å². The van der Waals surface area contributed by atoms with E-state index in [1.807, 2.05) is 0 Å². The van der Waals surface area contributed by atoms with Gasteiger partial charge in [0.15, 0.2) is 0 Å². The molecule has 1 heterocycles. The van der Waals surface area contributed by atoms with E-state index in [-0.39, 0.29) is 17.4 Å². The lowest BCUT2D eigenvalue weighted by Gasteiger charge is -2.34. The van der Waals surface area contributed by atoms with Crippen LogP contribution in [0.1, 0.15) is 12.5 Å². The van der Waals surface area contributed by atoms with Crippen molar-refractivity contribution in [3.8, 4) is 0 Å². The first-order valence-corrected chi connectivity index (χ1v) is 8.13. The largest absolute Gasteiger partial charge is 0.384 e. The average Bonchev–Trinajstić information content (AvgIpc) is 2.99. The second-order valence-corrected chi connectivity index (χ2v) is 6.60. The third-order valence-corrected chi connectivity index (χ3v) is 4.89. The number of aliphatic hydroxyl groups is 1. The summed E-state index contributed by atoms with van der Waals surface area (Å²) in [5, 5.41) is 14.8. The summed E-state index contributed by atoms with van der Waals surface area (Å²) < 4.78 is 33.9. The zero-order valence-corrected chi connectivity index (χ0v) is 13.8. The van der Waals surface area contributed by atoms with Gasteiger partial charge in [-0.15, -0.1) is 0 Å². The number of thioether (sulfide) groups is 1. The van der Waals surface area contributed by atoms with Gasteiger partial charge in [-0.05, 0) is 6.07 Å². The van der Waals surface area contributed by atoms with Crippen LogP contribution in [-0.2, 0) is 16.9 Å². The standard InChI is InChI=1S/C15H19F2N3O2S/c1-11(23-6-5-22-2)15(21,8-20-10-18-9-19-20)13-4-3-12(16)7-14(13)17/h3-4,7,9-11,21H,5-6,8H2,1-2H3/t11-,15-/m1/s1. The molecule has 2 atom stereocenters. The molecule has 0 amide bonds. The topological polar surface area (TPSA) is 60.2 Å². The molecule has 2 aromatic rings. The highest BCUT2D eigenvalue weighted by molar-refractivity contribution is 7.99. The number of aromatic nitrogens is 3. The molecule has 0 unspecified atom stereocenters. The predicted molar refractivity (Wildman–Crippen MR) is 84.1 cm³/mol. The van der Waals surface area contributed by atoms with Crippen molar-refractivity contribution in [2.24, 2.45) is 0 Å². The van der Waals surface area contributed by atoms with Crippen molar-refractivity contribution in [3.05, 3.63) is 48.1 Å². The number of hydrogen-bond acceptors (Lipinski definition) is 5. The molecule has 5 nitrogen and oxygen atoms in total. The van der Waals surface area contributed by atoms with E-state index < -0.39 is 17.2 Å². The Kier molecular flexibility index (Phi) is 6.09. The molecular weight excluding hydrogens is 324 g/mol. The highest BCUT2D eigenvalue weighted by atomic mass is 32.2. The van der Waals surface area contributed by atoms with E-state index >= 15 is 0 Å². The number of ether oxygens (including phenoxy) is 1. The van der Waals surface area contributed by atoms with Gasteiger partial charge in [-0.2, -0.15) is 16.9 Å². The Bertz CT molecular complexity index is 627. The first kappa shape index (κ1) is 17.8. The molecule has 1 aromatic carbocycles. The van der Waals surface area contributed by atoms with Crippen molar-refractivity contribution in [2.45, 2.75) is 24.3 Å². The van der Waals surface area contributed by atoms with Crippen LogP contribution in [0.5, 0.6) is 0 Å². The van der Waals surface area contributed by atoms with E-state index in [0.29, 0.717) is 12.4 Å². The van der Waals surface area contributed by atoms with Gasteiger partial charge in [-0.3, -0.25) is 0 Å². The summed E-state index contributed by atoms with van der Waals surface area (Å²) in [6.45, 7) is 2.32. The maximum Gasteiger partial charge on any atom is 0.137 e. The third-order valence-electron chi connectivity index (χ3n) is 3.60. The smallest absolute Gasteiger partial charge is 0.137 e. The van der Waals surface area contributed by atoms with Gasteiger partial charge in [0.1, 0.15) is 29.9 Å². The highest BCUT2D eigenvalue weighted by Crippen LogP contribution is 2.36. The Balaban J connectivity index is 2.33. The lowest BCUT2D eigenvalue weighted by Crippen LogP contribution is -2.41. The Morgan fingerprint density at radius 1 is 1.43 bits per heavy atom. The van der Waals surface area contributed by atoms with Crippen LogP contribution in [0.3, 0.4) is 0 Å². The fraction of sp³-hybridized carbons (Fsp3) is 0.467. The van der Waals surface area contributed by atoms with Crippen molar-refractivity contribution < 1.29 is 18.6 Å². The third kappa shape index (κ3) is 4.27. The monoisotopic (exact) mass is 343 g/mol. The van der Waals surface area contributed by atoms with Crippen LogP contribution >= 0.6 is 11.8 Å². The minimum Gasteiger partial charge on any atom is -0.384 e. The van der Waals surface area contributed by atoms with Crippen LogP contribution in [0.4, 0.5) is 8.78 Å². The summed E-state index contributed by atoms with van der Waals surface area (Å²) in [4.78, 5) is 3.83. The number of rotatable bonds is 8. The molecule has 0 aliphatic carbocycles. The maximum atomic E-state index is 14.2. The quantitative estimate of drug-likeness (QED) is 0.745. The second kappa shape index (κ2) is 7.85. The summed E-state index contributed by atoms with van der Waals surface area (Å²) >= 11 is 1.44. The van der Waals surface area contributed by atoms with E-state index in [9.17, 15) is 13.9 Å². The maximum absolute atomic E-state index is 14.2. The van der Waals surface area contributed by atoms with Gasteiger partial charge in [0.25, 0.3) is 0 Å². The van der Waals surface area contributed by atoms with Gasteiger partial charge >= 0.3 is 0 Å². The van der Waals surface area contributed by atoms with Crippen molar-refractivity contribution >= 4 is 11.8 Å². The fourth-order valence-electron chi connectivity index (χ4n) is 2.28. The molecule has 2 rings (SSSR count). The highest BCUT2D eigenvalue weighted by Gasteiger charge is 2.39. The van der Waals surface area contributed by atoms with Gasteiger partial charge in [0.2, 0.25) is 0 Å². The first-order chi connectivity index (χ1) is 11.0. The SMILES string of the molecule is COCCS[C@H](C)[C@](O)(Cn1cncn1)c1ccc(F)cc1F. The molecule has 0 aliphatic heterocycles. The van der Waals surface area contributed by atoms with Crippen LogP contribution in [0.25, 0.3) is 0 Å². The van der Waals surface area contributed by atoms with E-state index in [2.05, 4.69) is 10.1 Å². The van der Waals surface area contributed by atoms with Gasteiger partial charge in [0.05, 0.1) is 13.2 Å². The van der Waals surface area contributed by atoms with Crippen molar-refractivity contribution in [1.82, 2.24) is 14.8 Å². The molecular formula is C15H19F2N3O2S. The minimum atomic E-state index is -1.57. The van der Waals surface area contributed by atoms with Crippen LogP contribution in [0.15, 0.2) is 30.9 Å². The van der Waals surface area contributed by atoms with Crippen molar-refractivity contribution in [3.63, 3.8) is 0 Å². The zero-order chi connectivity index (χ0) is 16.9.